The van der Waals surface area contributed by atoms with E-state index in [1.54, 1.807) is 24.3 Å². The van der Waals surface area contributed by atoms with Crippen LogP contribution in [-0.4, -0.2) is 28.5 Å². The van der Waals surface area contributed by atoms with Gasteiger partial charge in [0.15, 0.2) is 11.3 Å². The van der Waals surface area contributed by atoms with E-state index < -0.39 is 7.26 Å². The van der Waals surface area contributed by atoms with Gasteiger partial charge in [-0.15, -0.1) is 0 Å². The molecule has 0 bridgehead atoms. The summed E-state index contributed by atoms with van der Waals surface area (Å²) in [5.41, 5.74) is 5.58. The monoisotopic (exact) mass is 601 g/mol. The molecular formula is C33H28CrNO5P+. The van der Waals surface area contributed by atoms with Crippen LogP contribution in [0.5, 0.6) is 0 Å². The Morgan fingerprint density at radius 2 is 0.927 bits per heavy atom. The van der Waals surface area contributed by atoms with Crippen molar-refractivity contribution in [1.29, 1.82) is 0 Å². The van der Waals surface area contributed by atoms with E-state index in [4.69, 9.17) is 14.0 Å². The van der Waals surface area contributed by atoms with Crippen LogP contribution in [0.4, 0.5) is 0 Å². The van der Waals surface area contributed by atoms with E-state index >= 15 is 0 Å². The van der Waals surface area contributed by atoms with Gasteiger partial charge in [0.25, 0.3) is 11.8 Å². The first-order valence-corrected chi connectivity index (χ1v) is 14.3. The van der Waals surface area contributed by atoms with Gasteiger partial charge in [-0.1, -0.05) is 72.8 Å². The zero-order valence-corrected chi connectivity index (χ0v) is 25.3. The number of carbonyl (C=O) groups excluding carboxylic acids is 2. The number of carbonyl (C=O) groups is 2. The van der Waals surface area contributed by atoms with Crippen molar-refractivity contribution < 1.29 is 40.9 Å². The van der Waals surface area contributed by atoms with Crippen LogP contribution < -0.4 is 0 Å². The van der Waals surface area contributed by atoms with Gasteiger partial charge in [0.05, 0.1) is 29.0 Å². The molecule has 2 aliphatic rings. The Morgan fingerprint density at radius 3 is 1.24 bits per heavy atom. The van der Waals surface area contributed by atoms with Crippen molar-refractivity contribution in [3.05, 3.63) is 157 Å². The minimum Gasteiger partial charge on any atom is 0 e. The Morgan fingerprint density at radius 1 is 0.610 bits per heavy atom. The molecule has 2 aliphatic heterocycles. The van der Waals surface area contributed by atoms with Crippen LogP contribution in [0.3, 0.4) is 0 Å². The van der Waals surface area contributed by atoms with Gasteiger partial charge in [0.2, 0.25) is 0 Å². The third kappa shape index (κ3) is 6.90. The summed E-state index contributed by atoms with van der Waals surface area (Å²) in [5.74, 6) is -0.527. The van der Waals surface area contributed by atoms with Gasteiger partial charge >= 0.3 is 33.9 Å². The number of benzene rings is 3. The summed E-state index contributed by atoms with van der Waals surface area (Å²) < 4.78 is 22.5. The van der Waals surface area contributed by atoms with Gasteiger partial charge in [-0.2, -0.15) is 0 Å². The molecule has 5 rings (SSSR count). The summed E-state index contributed by atoms with van der Waals surface area (Å²) >= 11 is 0. The van der Waals surface area contributed by atoms with Crippen molar-refractivity contribution in [1.82, 2.24) is 4.90 Å². The van der Waals surface area contributed by atoms with Gasteiger partial charge in [0, 0.05) is 48.6 Å². The Labute approximate surface area is 254 Å². The van der Waals surface area contributed by atoms with E-state index in [-0.39, 0.29) is 34.3 Å². The van der Waals surface area contributed by atoms with E-state index in [1.807, 2.05) is 36.4 Å². The first-order chi connectivity index (χ1) is 19.2. The predicted molar refractivity (Wildman–Crippen MR) is 151 cm³/mol. The SMILES string of the molecule is CC(C)(C)[P+]1(C)[C](c2ccccc2)[CH][C](N2C(=O)c3ccccc3C2=O)[CH][C]1c1ccccc1.[C-]#[O+].[C-]#[O+].[C-]#[O+].[Cr]. The van der Waals surface area contributed by atoms with E-state index in [9.17, 15) is 9.59 Å². The van der Waals surface area contributed by atoms with Crippen LogP contribution in [-0.2, 0) is 31.3 Å². The van der Waals surface area contributed by atoms with E-state index in [1.165, 1.54) is 16.2 Å². The summed E-state index contributed by atoms with van der Waals surface area (Å²) in [6, 6.07) is 28.4. The Hall–Kier alpha value is -3.02. The third-order valence-electron chi connectivity index (χ3n) is 7.07. The average molecular weight is 602 g/mol. The summed E-state index contributed by atoms with van der Waals surface area (Å²) in [6.45, 7) is 22.8. The van der Waals surface area contributed by atoms with Crippen LogP contribution in [0.25, 0.3) is 0 Å². The number of amides is 2. The minimum absolute atomic E-state index is 0. The average Bonchev–Trinajstić information content (AvgIpc) is 3.26. The fourth-order valence-electron chi connectivity index (χ4n) is 4.89. The van der Waals surface area contributed by atoms with E-state index in [0.29, 0.717) is 17.2 Å². The van der Waals surface area contributed by atoms with Gasteiger partial charge < -0.3 is 0 Å². The smallest absolute Gasteiger partial charge is 0 e. The summed E-state index contributed by atoms with van der Waals surface area (Å²) in [4.78, 5) is 28.1. The maximum atomic E-state index is 13.4. The molecule has 1 fully saturated rings. The van der Waals surface area contributed by atoms with Crippen molar-refractivity contribution in [2.75, 3.05) is 6.66 Å². The summed E-state index contributed by atoms with van der Waals surface area (Å²) in [5, 5.41) is -0.0378. The molecule has 0 N–H and O–H groups in total. The van der Waals surface area contributed by atoms with E-state index in [2.05, 4.69) is 84.5 Å². The molecule has 0 unspecified atom stereocenters. The first-order valence-electron chi connectivity index (χ1n) is 12.1. The van der Waals surface area contributed by atoms with Crippen molar-refractivity contribution in [2.24, 2.45) is 0 Å². The molecule has 8 heteroatoms. The zero-order chi connectivity index (χ0) is 30.1. The molecule has 0 saturated carbocycles. The molecule has 0 spiro atoms. The molecule has 0 atom stereocenters. The number of hydrogen-bond donors (Lipinski definition) is 0. The number of rotatable bonds is 3. The predicted octanol–water partition coefficient (Wildman–Crippen LogP) is 6.73. The molecular weight excluding hydrogens is 573 g/mol. The molecule has 5 radical (unpaired) electrons. The van der Waals surface area contributed by atoms with Crippen molar-refractivity contribution >= 4 is 19.1 Å². The van der Waals surface area contributed by atoms with Crippen LogP contribution in [0.1, 0.15) is 52.6 Å². The van der Waals surface area contributed by atoms with Gasteiger partial charge in [-0.3, -0.25) is 14.5 Å². The first kappa shape index (κ1) is 36.0. The molecule has 6 nitrogen and oxygen atoms in total. The minimum atomic E-state index is -1.95. The number of nitrogens with zero attached hydrogens (tertiary/aromatic N) is 1. The van der Waals surface area contributed by atoms with Gasteiger partial charge in [0.1, 0.15) is 0 Å². The van der Waals surface area contributed by atoms with Crippen molar-refractivity contribution in [3.63, 3.8) is 0 Å². The molecule has 0 aromatic heterocycles. The molecule has 1 saturated heterocycles. The normalized spacial score (nSPS) is 16.3. The molecule has 0 aliphatic carbocycles. The molecule has 41 heavy (non-hydrogen) atoms. The second-order valence-electron chi connectivity index (χ2n) is 9.88. The van der Waals surface area contributed by atoms with Crippen LogP contribution in [0, 0.1) is 50.2 Å². The topological polar surface area (TPSA) is 97.1 Å². The van der Waals surface area contributed by atoms with Crippen LogP contribution in [0.15, 0.2) is 84.9 Å². The third-order valence-corrected chi connectivity index (χ3v) is 12.5. The molecule has 2 heterocycles. The molecule has 3 aromatic carbocycles. The number of imide groups is 1. The molecule has 205 valence electrons. The Bertz CT molecular complexity index is 1270. The largest absolute Gasteiger partial charge is 0 e. The van der Waals surface area contributed by atoms with Crippen molar-refractivity contribution in [3.8, 4) is 0 Å². The second kappa shape index (κ2) is 15.8. The Balaban J connectivity index is 0.00000113. The number of hydrogen-bond acceptors (Lipinski definition) is 2. The van der Waals surface area contributed by atoms with Crippen molar-refractivity contribution in [2.45, 2.75) is 25.9 Å². The number of fused-ring (bicyclic) bond motifs is 1. The molecule has 2 amide bonds. The van der Waals surface area contributed by atoms with Crippen LogP contribution >= 0.6 is 7.26 Å². The summed E-state index contributed by atoms with van der Waals surface area (Å²) in [7, 11) is -1.95. The van der Waals surface area contributed by atoms with Gasteiger partial charge in [-0.25, -0.2) is 0 Å². The zero-order valence-electron chi connectivity index (χ0n) is 23.1. The van der Waals surface area contributed by atoms with E-state index in [0.717, 1.165) is 11.1 Å². The van der Waals surface area contributed by atoms with Crippen LogP contribution in [0.2, 0.25) is 0 Å². The molecule has 3 aromatic rings. The second-order valence-corrected chi connectivity index (χ2v) is 14.2. The fraction of sp³-hybridized carbons (Fsp3) is 0.152. The maximum Gasteiger partial charge on any atom is 0 e. The maximum absolute atomic E-state index is 13.4. The fourth-order valence-corrected chi connectivity index (χ4v) is 8.70. The quantitative estimate of drug-likeness (QED) is 0.144. The Kier molecular flexibility index (Phi) is 13.9. The van der Waals surface area contributed by atoms with Gasteiger partial charge in [-0.05, 0) is 32.9 Å². The summed E-state index contributed by atoms with van der Waals surface area (Å²) in [6.07, 6.45) is 4.17. The standard InChI is InChI=1S/C30H28NO2P.3CO.Cr/c1-30(2,3)34(4)26(21-13-7-5-8-14-21)19-23(20-27(34)22-15-9-6-10-16-22)31-28(32)24-17-11-12-18-25(24)29(31)33;3*1-2;/h5-20H,1-4H3;;;;/q+1;;;;.